The first-order chi connectivity index (χ1) is 8.45. The van der Waals surface area contributed by atoms with Crippen LogP contribution in [-0.2, 0) is 4.79 Å². The first-order valence-corrected chi connectivity index (χ1v) is 6.59. The van der Waals surface area contributed by atoms with Crippen LogP contribution in [0.15, 0.2) is 22.7 Å². The number of benzene rings is 1. The Morgan fingerprint density at radius 1 is 1.44 bits per heavy atom. The molecule has 0 atom stereocenters. The SMILES string of the molecule is CCN(CCC(=O)O)C(=O)c1ccc(Cl)cc1Br. The summed E-state index contributed by atoms with van der Waals surface area (Å²) in [7, 11) is 0. The highest BCUT2D eigenvalue weighted by Crippen LogP contribution is 2.22. The molecule has 18 heavy (non-hydrogen) atoms. The topological polar surface area (TPSA) is 57.6 Å². The van der Waals surface area contributed by atoms with Gasteiger partial charge in [-0.15, -0.1) is 0 Å². The number of hydrogen-bond donors (Lipinski definition) is 1. The van der Waals surface area contributed by atoms with Crippen LogP contribution in [0.5, 0.6) is 0 Å². The fraction of sp³-hybridized carbons (Fsp3) is 0.333. The van der Waals surface area contributed by atoms with Crippen LogP contribution in [0, 0.1) is 0 Å². The summed E-state index contributed by atoms with van der Waals surface area (Å²) in [5, 5.41) is 9.17. The number of hydrogen-bond acceptors (Lipinski definition) is 2. The monoisotopic (exact) mass is 333 g/mol. The molecule has 0 spiro atoms. The van der Waals surface area contributed by atoms with E-state index >= 15 is 0 Å². The predicted octanol–water partition coefficient (Wildman–Crippen LogP) is 3.04. The molecule has 0 saturated carbocycles. The van der Waals surface area contributed by atoms with Gasteiger partial charge in [-0.1, -0.05) is 11.6 Å². The third kappa shape index (κ3) is 3.99. The van der Waals surface area contributed by atoms with E-state index in [-0.39, 0.29) is 18.9 Å². The zero-order valence-electron chi connectivity index (χ0n) is 9.82. The zero-order valence-corrected chi connectivity index (χ0v) is 12.2. The molecule has 0 saturated heterocycles. The molecule has 0 aliphatic heterocycles. The lowest BCUT2D eigenvalue weighted by atomic mass is 10.2. The van der Waals surface area contributed by atoms with Gasteiger partial charge in [0.25, 0.3) is 5.91 Å². The number of rotatable bonds is 5. The van der Waals surface area contributed by atoms with Crippen molar-refractivity contribution < 1.29 is 14.7 Å². The van der Waals surface area contributed by atoms with Crippen molar-refractivity contribution in [1.82, 2.24) is 4.90 Å². The molecule has 1 aromatic carbocycles. The molecule has 0 bridgehead atoms. The fourth-order valence-electron chi connectivity index (χ4n) is 1.47. The van der Waals surface area contributed by atoms with Crippen LogP contribution in [0.3, 0.4) is 0 Å². The van der Waals surface area contributed by atoms with Crippen LogP contribution in [-0.4, -0.2) is 35.0 Å². The fourth-order valence-corrected chi connectivity index (χ4v) is 2.32. The van der Waals surface area contributed by atoms with Crippen molar-refractivity contribution in [3.05, 3.63) is 33.3 Å². The standard InChI is InChI=1S/C12H13BrClNO3/c1-2-15(6-5-11(16)17)12(18)9-4-3-8(14)7-10(9)13/h3-4,7H,2,5-6H2,1H3,(H,16,17). The first kappa shape index (κ1) is 15.0. The molecule has 1 N–H and O–H groups in total. The van der Waals surface area contributed by atoms with Crippen molar-refractivity contribution in [2.75, 3.05) is 13.1 Å². The Kier molecular flexibility index (Phi) is 5.62. The Morgan fingerprint density at radius 3 is 2.61 bits per heavy atom. The second-order valence-corrected chi connectivity index (χ2v) is 4.94. The van der Waals surface area contributed by atoms with Gasteiger partial charge in [0, 0.05) is 22.6 Å². The molecule has 0 aliphatic carbocycles. The number of carboxylic acid groups (broad SMARTS) is 1. The minimum Gasteiger partial charge on any atom is -0.481 e. The van der Waals surface area contributed by atoms with E-state index in [0.717, 1.165) is 0 Å². The lowest BCUT2D eigenvalue weighted by Gasteiger charge is -2.20. The van der Waals surface area contributed by atoms with Gasteiger partial charge in [0.05, 0.1) is 12.0 Å². The maximum atomic E-state index is 12.2. The van der Waals surface area contributed by atoms with Crippen LogP contribution in [0.4, 0.5) is 0 Å². The largest absolute Gasteiger partial charge is 0.481 e. The Bertz CT molecular complexity index is 465. The second-order valence-electron chi connectivity index (χ2n) is 3.65. The molecular weight excluding hydrogens is 321 g/mol. The maximum Gasteiger partial charge on any atom is 0.305 e. The van der Waals surface area contributed by atoms with Crippen molar-refractivity contribution in [2.24, 2.45) is 0 Å². The quantitative estimate of drug-likeness (QED) is 0.900. The highest BCUT2D eigenvalue weighted by Gasteiger charge is 2.17. The molecule has 98 valence electrons. The molecule has 0 aromatic heterocycles. The molecule has 4 nitrogen and oxygen atoms in total. The van der Waals surface area contributed by atoms with Gasteiger partial charge in [0.2, 0.25) is 0 Å². The van der Waals surface area contributed by atoms with Crippen molar-refractivity contribution in [2.45, 2.75) is 13.3 Å². The van der Waals surface area contributed by atoms with E-state index in [1.165, 1.54) is 4.90 Å². The van der Waals surface area contributed by atoms with Gasteiger partial charge in [-0.2, -0.15) is 0 Å². The van der Waals surface area contributed by atoms with E-state index in [1.807, 2.05) is 6.92 Å². The normalized spacial score (nSPS) is 10.2. The van der Waals surface area contributed by atoms with E-state index in [2.05, 4.69) is 15.9 Å². The molecule has 6 heteroatoms. The molecule has 1 aromatic rings. The molecule has 0 unspecified atom stereocenters. The van der Waals surface area contributed by atoms with Gasteiger partial charge in [-0.25, -0.2) is 0 Å². The summed E-state index contributed by atoms with van der Waals surface area (Å²) in [4.78, 5) is 24.2. The molecule has 1 rings (SSSR count). The first-order valence-electron chi connectivity index (χ1n) is 5.41. The highest BCUT2D eigenvalue weighted by atomic mass is 79.9. The molecule has 0 heterocycles. The summed E-state index contributed by atoms with van der Waals surface area (Å²) < 4.78 is 0.605. The summed E-state index contributed by atoms with van der Waals surface area (Å²) in [5.74, 6) is -1.13. The number of carbonyl (C=O) groups excluding carboxylic acids is 1. The maximum absolute atomic E-state index is 12.2. The van der Waals surface area contributed by atoms with E-state index in [1.54, 1.807) is 18.2 Å². The lowest BCUT2D eigenvalue weighted by Crippen LogP contribution is -2.33. The highest BCUT2D eigenvalue weighted by molar-refractivity contribution is 9.10. The third-order valence-corrected chi connectivity index (χ3v) is 3.32. The molecular formula is C12H13BrClNO3. The number of carboxylic acids is 1. The molecule has 0 fully saturated rings. The molecule has 1 amide bonds. The van der Waals surface area contributed by atoms with Crippen molar-refractivity contribution >= 4 is 39.4 Å². The van der Waals surface area contributed by atoms with E-state index in [0.29, 0.717) is 21.6 Å². The van der Waals surface area contributed by atoms with Crippen molar-refractivity contribution in [3.63, 3.8) is 0 Å². The Hall–Kier alpha value is -1.07. The zero-order chi connectivity index (χ0) is 13.7. The number of nitrogens with zero attached hydrogens (tertiary/aromatic N) is 1. The van der Waals surface area contributed by atoms with Gasteiger partial charge in [-0.3, -0.25) is 9.59 Å². The summed E-state index contributed by atoms with van der Waals surface area (Å²) in [6, 6.07) is 4.89. The van der Waals surface area contributed by atoms with Gasteiger partial charge in [0.1, 0.15) is 0 Å². The van der Waals surface area contributed by atoms with Gasteiger partial charge >= 0.3 is 5.97 Å². The van der Waals surface area contributed by atoms with E-state index in [9.17, 15) is 9.59 Å². The predicted molar refractivity (Wildman–Crippen MR) is 73.0 cm³/mol. The summed E-state index contributed by atoms with van der Waals surface area (Å²) in [5.41, 5.74) is 0.478. The van der Waals surface area contributed by atoms with E-state index < -0.39 is 5.97 Å². The van der Waals surface area contributed by atoms with Crippen LogP contribution in [0.2, 0.25) is 5.02 Å². The number of carbonyl (C=O) groups is 2. The molecule has 0 radical (unpaired) electrons. The number of halogens is 2. The Morgan fingerprint density at radius 2 is 2.11 bits per heavy atom. The summed E-state index contributed by atoms with van der Waals surface area (Å²) >= 11 is 9.08. The second kappa shape index (κ2) is 6.75. The summed E-state index contributed by atoms with van der Waals surface area (Å²) in [6.45, 7) is 2.46. The average molecular weight is 335 g/mol. The van der Waals surface area contributed by atoms with Crippen LogP contribution in [0.1, 0.15) is 23.7 Å². The minimum atomic E-state index is -0.920. The Labute approximate surface area is 119 Å². The Balaban J connectivity index is 2.86. The smallest absolute Gasteiger partial charge is 0.305 e. The number of amides is 1. The van der Waals surface area contributed by atoms with Gasteiger partial charge < -0.3 is 10.0 Å². The van der Waals surface area contributed by atoms with Gasteiger partial charge in [0.15, 0.2) is 0 Å². The molecule has 0 aliphatic rings. The van der Waals surface area contributed by atoms with Crippen LogP contribution in [0.25, 0.3) is 0 Å². The lowest BCUT2D eigenvalue weighted by molar-refractivity contribution is -0.137. The third-order valence-electron chi connectivity index (χ3n) is 2.43. The van der Waals surface area contributed by atoms with Crippen molar-refractivity contribution in [1.29, 1.82) is 0 Å². The van der Waals surface area contributed by atoms with E-state index in [4.69, 9.17) is 16.7 Å². The van der Waals surface area contributed by atoms with Crippen molar-refractivity contribution in [3.8, 4) is 0 Å². The van der Waals surface area contributed by atoms with Crippen LogP contribution < -0.4 is 0 Å². The average Bonchev–Trinajstić information content (AvgIpc) is 2.29. The van der Waals surface area contributed by atoms with Gasteiger partial charge in [-0.05, 0) is 41.1 Å². The number of aliphatic carboxylic acids is 1. The minimum absolute atomic E-state index is 0.0647. The summed E-state index contributed by atoms with van der Waals surface area (Å²) in [6.07, 6.45) is -0.0647. The van der Waals surface area contributed by atoms with Crippen LogP contribution >= 0.6 is 27.5 Å².